The number of hydrogen-bond donors (Lipinski definition) is 1. The van der Waals surface area contributed by atoms with Crippen LogP contribution in [0.2, 0.25) is 0 Å². The fourth-order valence-electron chi connectivity index (χ4n) is 1.92. The number of hydrogen-bond acceptors (Lipinski definition) is 4. The van der Waals surface area contributed by atoms with Gasteiger partial charge in [0.25, 0.3) is 0 Å². The van der Waals surface area contributed by atoms with Gasteiger partial charge in [0.1, 0.15) is 5.69 Å². The second-order valence-corrected chi connectivity index (χ2v) is 4.30. The van der Waals surface area contributed by atoms with Gasteiger partial charge in [-0.05, 0) is 31.9 Å². The maximum Gasteiger partial charge on any atom is 0.165 e. The molecule has 4 heteroatoms. The lowest BCUT2D eigenvalue weighted by atomic mass is 9.97. The van der Waals surface area contributed by atoms with Crippen LogP contribution in [0.3, 0.4) is 0 Å². The monoisotopic (exact) mass is 219 g/mol. The molecule has 0 spiro atoms. The third kappa shape index (κ3) is 1.72. The predicted octanol–water partition coefficient (Wildman–Crippen LogP) is 2.71. The molecule has 0 amide bonds. The van der Waals surface area contributed by atoms with E-state index in [1.807, 2.05) is 0 Å². The SMILES string of the molecule is Cc1cc(C)c(-c2nsnc2N)c(C)c1. The van der Waals surface area contributed by atoms with Gasteiger partial charge < -0.3 is 5.73 Å². The molecule has 1 aromatic carbocycles. The Balaban J connectivity index is 2.68. The highest BCUT2D eigenvalue weighted by Crippen LogP contribution is 2.30. The van der Waals surface area contributed by atoms with Crippen LogP contribution < -0.4 is 5.73 Å². The van der Waals surface area contributed by atoms with Crippen molar-refractivity contribution in [2.75, 3.05) is 5.73 Å². The highest BCUT2D eigenvalue weighted by molar-refractivity contribution is 6.99. The van der Waals surface area contributed by atoms with E-state index in [4.69, 9.17) is 5.73 Å². The molecular weight excluding hydrogens is 206 g/mol. The van der Waals surface area contributed by atoms with Crippen molar-refractivity contribution in [2.24, 2.45) is 0 Å². The molecule has 2 N–H and O–H groups in total. The molecular formula is C11H13N3S. The van der Waals surface area contributed by atoms with Gasteiger partial charge in [-0.25, -0.2) is 0 Å². The van der Waals surface area contributed by atoms with Crippen LogP contribution in [0.1, 0.15) is 16.7 Å². The number of aromatic nitrogens is 2. The van der Waals surface area contributed by atoms with Crippen LogP contribution >= 0.6 is 11.7 Å². The first-order valence-corrected chi connectivity index (χ1v) is 5.49. The topological polar surface area (TPSA) is 51.8 Å². The number of nitrogen functional groups attached to an aromatic ring is 1. The van der Waals surface area contributed by atoms with Gasteiger partial charge in [0, 0.05) is 5.56 Å². The third-order valence-corrected chi connectivity index (χ3v) is 2.97. The van der Waals surface area contributed by atoms with Crippen LogP contribution in [0.15, 0.2) is 12.1 Å². The minimum atomic E-state index is 0.523. The molecule has 0 atom stereocenters. The standard InChI is InChI=1S/C11H13N3S/c1-6-4-7(2)9(8(3)5-6)10-11(12)14-15-13-10/h4-5H,1-3H3,(H2,12,14). The average Bonchev–Trinajstić information content (AvgIpc) is 2.50. The van der Waals surface area contributed by atoms with Gasteiger partial charge in [0.05, 0.1) is 11.7 Å². The molecule has 0 radical (unpaired) electrons. The highest BCUT2D eigenvalue weighted by Gasteiger charge is 2.12. The van der Waals surface area contributed by atoms with E-state index in [0.717, 1.165) is 23.0 Å². The van der Waals surface area contributed by atoms with Gasteiger partial charge in [-0.2, -0.15) is 8.75 Å². The molecule has 0 aliphatic carbocycles. The number of nitrogens with two attached hydrogens (primary N) is 1. The summed E-state index contributed by atoms with van der Waals surface area (Å²) < 4.78 is 8.25. The van der Waals surface area contributed by atoms with Crippen molar-refractivity contribution in [3.05, 3.63) is 28.8 Å². The molecule has 0 unspecified atom stereocenters. The molecule has 1 heterocycles. The zero-order valence-corrected chi connectivity index (χ0v) is 9.85. The van der Waals surface area contributed by atoms with E-state index in [0.29, 0.717) is 5.82 Å². The number of benzene rings is 1. The Morgan fingerprint density at radius 1 is 1.07 bits per heavy atom. The fourth-order valence-corrected chi connectivity index (χ4v) is 2.40. The molecule has 0 saturated heterocycles. The molecule has 78 valence electrons. The van der Waals surface area contributed by atoms with Gasteiger partial charge >= 0.3 is 0 Å². The van der Waals surface area contributed by atoms with Crippen molar-refractivity contribution in [2.45, 2.75) is 20.8 Å². The van der Waals surface area contributed by atoms with E-state index >= 15 is 0 Å². The molecule has 0 saturated carbocycles. The van der Waals surface area contributed by atoms with Crippen LogP contribution in [0.25, 0.3) is 11.3 Å². The van der Waals surface area contributed by atoms with Crippen molar-refractivity contribution >= 4 is 17.5 Å². The van der Waals surface area contributed by atoms with Crippen molar-refractivity contribution in [3.63, 3.8) is 0 Å². The first kappa shape index (κ1) is 10.1. The number of nitrogens with zero attached hydrogens (tertiary/aromatic N) is 2. The smallest absolute Gasteiger partial charge is 0.165 e. The summed E-state index contributed by atoms with van der Waals surface area (Å²) in [6.45, 7) is 6.24. The Morgan fingerprint density at radius 2 is 1.67 bits per heavy atom. The maximum absolute atomic E-state index is 5.79. The van der Waals surface area contributed by atoms with E-state index in [9.17, 15) is 0 Å². The van der Waals surface area contributed by atoms with E-state index in [2.05, 4.69) is 41.7 Å². The van der Waals surface area contributed by atoms with Crippen molar-refractivity contribution in [1.29, 1.82) is 0 Å². The van der Waals surface area contributed by atoms with Crippen molar-refractivity contribution < 1.29 is 0 Å². The first-order valence-electron chi connectivity index (χ1n) is 4.76. The van der Waals surface area contributed by atoms with Gasteiger partial charge in [-0.1, -0.05) is 17.7 Å². The lowest BCUT2D eigenvalue weighted by molar-refractivity contribution is 1.30. The van der Waals surface area contributed by atoms with E-state index in [1.165, 1.54) is 16.7 Å². The fraction of sp³-hybridized carbons (Fsp3) is 0.273. The summed E-state index contributed by atoms with van der Waals surface area (Å²) in [7, 11) is 0. The minimum Gasteiger partial charge on any atom is -0.381 e. The second kappa shape index (κ2) is 3.62. The molecule has 3 nitrogen and oxygen atoms in total. The van der Waals surface area contributed by atoms with E-state index < -0.39 is 0 Å². The van der Waals surface area contributed by atoms with E-state index in [1.54, 1.807) is 0 Å². The second-order valence-electron chi connectivity index (χ2n) is 3.77. The third-order valence-electron chi connectivity index (χ3n) is 2.43. The van der Waals surface area contributed by atoms with Gasteiger partial charge in [0.2, 0.25) is 0 Å². The molecule has 0 aliphatic heterocycles. The number of rotatable bonds is 1. The summed E-state index contributed by atoms with van der Waals surface area (Å²) >= 11 is 1.16. The lowest BCUT2D eigenvalue weighted by Crippen LogP contribution is -1.94. The minimum absolute atomic E-state index is 0.523. The van der Waals surface area contributed by atoms with Crippen LogP contribution in [0.4, 0.5) is 5.82 Å². The molecule has 15 heavy (non-hydrogen) atoms. The first-order chi connectivity index (χ1) is 7.09. The van der Waals surface area contributed by atoms with Crippen LogP contribution in [0, 0.1) is 20.8 Å². The quantitative estimate of drug-likeness (QED) is 0.802. The number of anilines is 1. The van der Waals surface area contributed by atoms with Crippen molar-refractivity contribution in [3.8, 4) is 11.3 Å². The molecule has 0 bridgehead atoms. The summed E-state index contributed by atoms with van der Waals surface area (Å²) in [4.78, 5) is 0. The van der Waals surface area contributed by atoms with Gasteiger partial charge in [0.15, 0.2) is 5.82 Å². The summed E-state index contributed by atoms with van der Waals surface area (Å²) in [5.74, 6) is 0.523. The zero-order chi connectivity index (χ0) is 11.0. The normalized spacial score (nSPS) is 10.6. The summed E-state index contributed by atoms with van der Waals surface area (Å²) in [5, 5.41) is 0. The van der Waals surface area contributed by atoms with Crippen LogP contribution in [-0.2, 0) is 0 Å². The summed E-state index contributed by atoms with van der Waals surface area (Å²) in [6, 6.07) is 4.28. The van der Waals surface area contributed by atoms with Crippen LogP contribution in [0.5, 0.6) is 0 Å². The largest absolute Gasteiger partial charge is 0.381 e. The molecule has 1 aromatic heterocycles. The predicted molar refractivity (Wildman–Crippen MR) is 64.0 cm³/mol. The van der Waals surface area contributed by atoms with Gasteiger partial charge in [-0.3, -0.25) is 0 Å². The van der Waals surface area contributed by atoms with E-state index in [-0.39, 0.29) is 0 Å². The summed E-state index contributed by atoms with van der Waals surface area (Å²) in [5.41, 5.74) is 11.4. The Labute approximate surface area is 93.3 Å². The highest BCUT2D eigenvalue weighted by atomic mass is 32.1. The average molecular weight is 219 g/mol. The summed E-state index contributed by atoms with van der Waals surface area (Å²) in [6.07, 6.45) is 0. The molecule has 0 fully saturated rings. The Bertz CT molecular complexity index is 479. The Morgan fingerprint density at radius 3 is 2.13 bits per heavy atom. The van der Waals surface area contributed by atoms with Crippen molar-refractivity contribution in [1.82, 2.24) is 8.75 Å². The Kier molecular flexibility index (Phi) is 2.44. The maximum atomic E-state index is 5.79. The van der Waals surface area contributed by atoms with Crippen LogP contribution in [-0.4, -0.2) is 8.75 Å². The number of aryl methyl sites for hydroxylation is 3. The molecule has 2 aromatic rings. The molecule has 2 rings (SSSR count). The lowest BCUT2D eigenvalue weighted by Gasteiger charge is -2.08. The molecule has 0 aliphatic rings. The zero-order valence-electron chi connectivity index (χ0n) is 9.03. The van der Waals surface area contributed by atoms with Gasteiger partial charge in [-0.15, -0.1) is 0 Å². The Hall–Kier alpha value is -1.42.